The topological polar surface area (TPSA) is 89.1 Å². The van der Waals surface area contributed by atoms with Crippen molar-refractivity contribution < 1.29 is 13.7 Å². The third-order valence-corrected chi connectivity index (χ3v) is 4.71. The average molecular weight is 384 g/mol. The maximum Gasteiger partial charge on any atom is 0.322 e. The van der Waals surface area contributed by atoms with Crippen molar-refractivity contribution in [1.29, 1.82) is 0 Å². The van der Waals surface area contributed by atoms with Crippen LogP contribution in [0.3, 0.4) is 0 Å². The Morgan fingerprint density at radius 2 is 2.29 bits per heavy atom. The van der Waals surface area contributed by atoms with Crippen LogP contribution in [-0.4, -0.2) is 37.4 Å². The number of nitrogens with zero attached hydrogens (tertiary/aromatic N) is 5. The second-order valence-electron chi connectivity index (χ2n) is 6.87. The number of urea groups is 1. The van der Waals surface area contributed by atoms with Crippen molar-refractivity contribution in [2.45, 2.75) is 38.8 Å². The molecule has 3 heterocycles. The van der Waals surface area contributed by atoms with Crippen LogP contribution in [0.5, 0.6) is 0 Å². The number of aromatic nitrogens is 4. The minimum absolute atomic E-state index is 0.225. The highest BCUT2D eigenvalue weighted by atomic mass is 19.1. The molecule has 0 aliphatic carbocycles. The second kappa shape index (κ2) is 7.79. The predicted molar refractivity (Wildman–Crippen MR) is 99.1 cm³/mol. The van der Waals surface area contributed by atoms with Gasteiger partial charge in [-0.25, -0.2) is 9.18 Å². The normalized spacial score (nSPS) is 16.9. The fourth-order valence-electron chi connectivity index (χ4n) is 3.41. The molecule has 4 rings (SSSR count). The average Bonchev–Trinajstić information content (AvgIpc) is 3.30. The summed E-state index contributed by atoms with van der Waals surface area (Å²) < 4.78 is 20.3. The van der Waals surface area contributed by atoms with Gasteiger partial charge in [-0.2, -0.15) is 10.1 Å². The third-order valence-electron chi connectivity index (χ3n) is 4.71. The summed E-state index contributed by atoms with van der Waals surface area (Å²) in [4.78, 5) is 18.8. The molecule has 2 amide bonds. The smallest absolute Gasteiger partial charge is 0.322 e. The number of anilines is 1. The molecule has 0 radical (unpaired) electrons. The Bertz CT molecular complexity index is 969. The van der Waals surface area contributed by atoms with Gasteiger partial charge in [0.15, 0.2) is 5.82 Å². The lowest BCUT2D eigenvalue weighted by Crippen LogP contribution is -2.41. The Morgan fingerprint density at radius 3 is 3.07 bits per heavy atom. The molecule has 3 aromatic rings. The highest BCUT2D eigenvalue weighted by Gasteiger charge is 2.32. The first-order chi connectivity index (χ1) is 13.6. The van der Waals surface area contributed by atoms with Crippen molar-refractivity contribution in [3.05, 3.63) is 59.8 Å². The van der Waals surface area contributed by atoms with Gasteiger partial charge in [-0.3, -0.25) is 4.68 Å². The van der Waals surface area contributed by atoms with E-state index in [2.05, 4.69) is 20.6 Å². The van der Waals surface area contributed by atoms with Crippen molar-refractivity contribution in [3.8, 4) is 0 Å². The molecular weight excluding hydrogens is 363 g/mol. The van der Waals surface area contributed by atoms with E-state index in [1.165, 1.54) is 12.1 Å². The maximum atomic E-state index is 13.3. The van der Waals surface area contributed by atoms with Crippen molar-refractivity contribution in [2.24, 2.45) is 0 Å². The number of piperidine rings is 1. The van der Waals surface area contributed by atoms with Gasteiger partial charge in [0.1, 0.15) is 11.9 Å². The highest BCUT2D eigenvalue weighted by molar-refractivity contribution is 5.89. The molecule has 1 saturated heterocycles. The lowest BCUT2D eigenvalue weighted by atomic mass is 10.0. The van der Waals surface area contributed by atoms with Gasteiger partial charge in [0.25, 0.3) is 0 Å². The first-order valence-electron chi connectivity index (χ1n) is 9.23. The lowest BCUT2D eigenvalue weighted by Gasteiger charge is -2.33. The number of hydrogen-bond acceptors (Lipinski definition) is 5. The Hall–Kier alpha value is -3.23. The molecular formula is C19H21FN6O2. The highest BCUT2D eigenvalue weighted by Crippen LogP contribution is 2.30. The molecule has 28 heavy (non-hydrogen) atoms. The molecule has 0 bridgehead atoms. The van der Waals surface area contributed by atoms with E-state index < -0.39 is 0 Å². The molecule has 1 aliphatic rings. The van der Waals surface area contributed by atoms with Crippen LogP contribution in [0, 0.1) is 12.7 Å². The van der Waals surface area contributed by atoms with Gasteiger partial charge in [-0.15, -0.1) is 0 Å². The van der Waals surface area contributed by atoms with Gasteiger partial charge in [0, 0.05) is 12.7 Å². The fraction of sp³-hybridized carbons (Fsp3) is 0.368. The Labute approximate surface area is 161 Å². The van der Waals surface area contributed by atoms with Gasteiger partial charge in [0.2, 0.25) is 5.89 Å². The van der Waals surface area contributed by atoms with Gasteiger partial charge in [0.05, 0.1) is 18.4 Å². The van der Waals surface area contributed by atoms with Crippen molar-refractivity contribution in [2.75, 3.05) is 11.9 Å². The summed E-state index contributed by atoms with van der Waals surface area (Å²) in [7, 11) is 0. The number of rotatable bonds is 4. The Kier molecular flexibility index (Phi) is 5.05. The molecule has 2 aromatic heterocycles. The predicted octanol–water partition coefficient (Wildman–Crippen LogP) is 3.52. The minimum Gasteiger partial charge on any atom is -0.337 e. The van der Waals surface area contributed by atoms with E-state index in [1.54, 1.807) is 35.0 Å². The van der Waals surface area contributed by atoms with E-state index in [1.807, 2.05) is 6.07 Å². The minimum atomic E-state index is -0.286. The van der Waals surface area contributed by atoms with Crippen LogP contribution in [-0.2, 0) is 6.54 Å². The van der Waals surface area contributed by atoms with Crippen molar-refractivity contribution >= 4 is 11.7 Å². The van der Waals surface area contributed by atoms with Crippen LogP contribution in [0.15, 0.2) is 41.2 Å². The zero-order valence-corrected chi connectivity index (χ0v) is 15.5. The summed E-state index contributed by atoms with van der Waals surface area (Å²) in [6, 6.07) is 5.89. The van der Waals surface area contributed by atoms with Gasteiger partial charge in [-0.1, -0.05) is 17.3 Å². The number of hydrogen-bond donors (Lipinski definition) is 1. The number of aryl methyl sites for hydroxylation is 1. The summed E-state index contributed by atoms with van der Waals surface area (Å²) in [5.74, 6) is 0.735. The first-order valence-corrected chi connectivity index (χ1v) is 9.23. The summed E-state index contributed by atoms with van der Waals surface area (Å²) in [6.45, 7) is 2.80. The van der Waals surface area contributed by atoms with Crippen molar-refractivity contribution in [1.82, 2.24) is 24.8 Å². The molecule has 0 spiro atoms. The number of benzene rings is 1. The molecule has 1 unspecified atom stereocenters. The van der Waals surface area contributed by atoms with Crippen LogP contribution in [0.4, 0.5) is 14.9 Å². The molecule has 1 aliphatic heterocycles. The monoisotopic (exact) mass is 384 g/mol. The van der Waals surface area contributed by atoms with E-state index in [0.29, 0.717) is 30.5 Å². The summed E-state index contributed by atoms with van der Waals surface area (Å²) in [5.41, 5.74) is 1.37. The van der Waals surface area contributed by atoms with E-state index in [0.717, 1.165) is 24.8 Å². The molecule has 0 saturated carbocycles. The standard InChI is InChI=1S/C19H21FN6O2/c1-13-22-18(28-24-13)17-7-2-3-8-26(17)19(27)23-16-10-21-25(12-16)11-14-5-4-6-15(20)9-14/h4-6,9-10,12,17H,2-3,7-8,11H2,1H3,(H,23,27). The second-order valence-corrected chi connectivity index (χ2v) is 6.87. The van der Waals surface area contributed by atoms with E-state index >= 15 is 0 Å². The number of carbonyl (C=O) groups is 1. The number of carbonyl (C=O) groups excluding carboxylic acids is 1. The van der Waals surface area contributed by atoms with E-state index in [4.69, 9.17) is 4.52 Å². The van der Waals surface area contributed by atoms with Gasteiger partial charge >= 0.3 is 6.03 Å². The molecule has 1 aromatic carbocycles. The van der Waals surface area contributed by atoms with E-state index in [-0.39, 0.29) is 17.9 Å². The first kappa shape index (κ1) is 18.1. The molecule has 8 nitrogen and oxygen atoms in total. The zero-order valence-electron chi connectivity index (χ0n) is 15.5. The Morgan fingerprint density at radius 1 is 1.39 bits per heavy atom. The third kappa shape index (κ3) is 4.03. The number of halogens is 1. The number of nitrogens with one attached hydrogen (secondary N) is 1. The lowest BCUT2D eigenvalue weighted by molar-refractivity contribution is 0.142. The summed E-state index contributed by atoms with van der Waals surface area (Å²) in [6.07, 6.45) is 6.01. The van der Waals surface area contributed by atoms with E-state index in [9.17, 15) is 9.18 Å². The van der Waals surface area contributed by atoms with Crippen LogP contribution < -0.4 is 5.32 Å². The zero-order chi connectivity index (χ0) is 19.5. The molecule has 9 heteroatoms. The van der Waals surface area contributed by atoms with Gasteiger partial charge < -0.3 is 14.7 Å². The summed E-state index contributed by atoms with van der Waals surface area (Å²) >= 11 is 0. The van der Waals surface area contributed by atoms with Crippen LogP contribution >= 0.6 is 0 Å². The molecule has 1 atom stereocenters. The largest absolute Gasteiger partial charge is 0.337 e. The van der Waals surface area contributed by atoms with Crippen molar-refractivity contribution in [3.63, 3.8) is 0 Å². The van der Waals surface area contributed by atoms with Gasteiger partial charge in [-0.05, 0) is 43.9 Å². The fourth-order valence-corrected chi connectivity index (χ4v) is 3.41. The number of amides is 2. The van der Waals surface area contributed by atoms with Crippen LogP contribution in [0.25, 0.3) is 0 Å². The SMILES string of the molecule is Cc1noc(C2CCCCN2C(=O)Nc2cnn(Cc3cccc(F)c3)c2)n1. The molecule has 146 valence electrons. The maximum absolute atomic E-state index is 13.3. The van der Waals surface area contributed by atoms with Crippen LogP contribution in [0.2, 0.25) is 0 Å². The quantitative estimate of drug-likeness (QED) is 0.743. The molecule has 1 fully saturated rings. The number of likely N-dealkylation sites (tertiary alicyclic amines) is 1. The molecule has 1 N–H and O–H groups in total. The summed E-state index contributed by atoms with van der Waals surface area (Å²) in [5, 5.41) is 10.9. The Balaban J connectivity index is 1.43. The van der Waals surface area contributed by atoms with Crippen LogP contribution in [0.1, 0.15) is 42.6 Å².